The highest BCUT2D eigenvalue weighted by atomic mass is 19.1. The van der Waals surface area contributed by atoms with E-state index in [4.69, 9.17) is 4.74 Å². The van der Waals surface area contributed by atoms with Gasteiger partial charge in [-0.2, -0.15) is 5.10 Å². The fourth-order valence-electron chi connectivity index (χ4n) is 5.14. The maximum atomic E-state index is 14.4. The van der Waals surface area contributed by atoms with E-state index in [1.54, 1.807) is 12.3 Å². The van der Waals surface area contributed by atoms with E-state index in [1.807, 2.05) is 60.7 Å². The summed E-state index contributed by atoms with van der Waals surface area (Å²) in [6, 6.07) is 22.3. The fourth-order valence-corrected chi connectivity index (χ4v) is 5.14. The lowest BCUT2D eigenvalue weighted by atomic mass is 9.66. The van der Waals surface area contributed by atoms with E-state index in [0.717, 1.165) is 41.3 Å². The molecule has 1 aliphatic carbocycles. The van der Waals surface area contributed by atoms with Crippen molar-refractivity contribution in [3.63, 3.8) is 0 Å². The number of rotatable bonds is 11. The summed E-state index contributed by atoms with van der Waals surface area (Å²) < 4.78 is 19.7. The largest absolute Gasteiger partial charge is 0.445 e. The number of alkyl carbamates (subject to hydrolysis) is 1. The topological polar surface area (TPSA) is 130 Å². The monoisotopic (exact) mass is 566 g/mol. The summed E-state index contributed by atoms with van der Waals surface area (Å²) in [5, 5.41) is 26.4. The molecule has 3 aromatic heterocycles. The van der Waals surface area contributed by atoms with Gasteiger partial charge in [0, 0.05) is 42.2 Å². The second-order valence-corrected chi connectivity index (χ2v) is 10.4. The number of amides is 1. The number of halogens is 1. The second kappa shape index (κ2) is 12.2. The minimum atomic E-state index is -0.474. The molecule has 1 amide bonds. The fraction of sp³-hybridized carbons (Fsp3) is 0.258. The van der Waals surface area contributed by atoms with Crippen LogP contribution in [0.15, 0.2) is 79.0 Å². The molecule has 1 aliphatic rings. The number of hydrogen-bond donors (Lipinski definition) is 4. The van der Waals surface area contributed by atoms with Crippen molar-refractivity contribution in [2.24, 2.45) is 0 Å². The van der Waals surface area contributed by atoms with Crippen LogP contribution in [0.1, 0.15) is 30.5 Å². The van der Waals surface area contributed by atoms with Crippen LogP contribution >= 0.6 is 0 Å². The first-order valence-corrected chi connectivity index (χ1v) is 14.0. The van der Waals surface area contributed by atoms with E-state index in [2.05, 4.69) is 41.3 Å². The van der Waals surface area contributed by atoms with Crippen LogP contribution in [0.4, 0.5) is 20.8 Å². The molecular weight excluding hydrogens is 535 g/mol. The first kappa shape index (κ1) is 27.1. The first-order chi connectivity index (χ1) is 20.6. The number of hydrogen-bond acceptors (Lipinski definition) is 8. The number of fused-ring (bicyclic) bond motifs is 1. The molecule has 1 fully saturated rings. The lowest BCUT2D eigenvalue weighted by Crippen LogP contribution is -2.42. The Hall–Kier alpha value is -5.06. The van der Waals surface area contributed by atoms with Crippen LogP contribution in [0.2, 0.25) is 0 Å². The highest BCUT2D eigenvalue weighted by Gasteiger charge is 2.41. The Bertz CT molecular complexity index is 1660. The number of ether oxygens (including phenoxy) is 1. The van der Waals surface area contributed by atoms with Crippen molar-refractivity contribution >= 4 is 28.6 Å². The van der Waals surface area contributed by atoms with Gasteiger partial charge in [0.25, 0.3) is 0 Å². The van der Waals surface area contributed by atoms with Crippen LogP contribution in [-0.2, 0) is 16.8 Å². The normalized spacial score (nSPS) is 13.7. The number of aromatic amines is 1. The van der Waals surface area contributed by atoms with E-state index < -0.39 is 6.09 Å². The van der Waals surface area contributed by atoms with Crippen LogP contribution in [0.3, 0.4) is 0 Å². The molecule has 6 rings (SSSR count). The summed E-state index contributed by atoms with van der Waals surface area (Å²) >= 11 is 0. The van der Waals surface area contributed by atoms with Gasteiger partial charge in [-0.15, -0.1) is 10.2 Å². The Morgan fingerprint density at radius 2 is 1.86 bits per heavy atom. The Kier molecular flexibility index (Phi) is 7.89. The summed E-state index contributed by atoms with van der Waals surface area (Å²) in [5.41, 5.74) is 3.60. The zero-order chi connectivity index (χ0) is 28.8. The molecule has 11 heteroatoms. The number of aromatic nitrogens is 5. The molecule has 0 atom stereocenters. The predicted octanol–water partition coefficient (Wildman–Crippen LogP) is 5.43. The number of nitrogens with zero attached hydrogens (tertiary/aromatic N) is 4. The van der Waals surface area contributed by atoms with E-state index in [-0.39, 0.29) is 17.8 Å². The molecule has 10 nitrogen and oxygen atoms in total. The summed E-state index contributed by atoms with van der Waals surface area (Å²) in [7, 11) is 0. The standard InChI is InChI=1S/C31H31FN8O2/c32-24-8-4-15-33-28(24)31(13-5-14-31)20-36-27-12-11-25(37-39-27)22-9-10-26-23(18-22)29(40-38-26)34-16-17-35-30(41)42-19-21-6-2-1-3-7-21/h1-4,6-12,15,18H,5,13-14,16-17,19-20H2,(H,35,41)(H,36,39)(H2,34,38,40). The number of anilines is 2. The van der Waals surface area contributed by atoms with Gasteiger partial charge in [-0.3, -0.25) is 10.1 Å². The average molecular weight is 567 g/mol. The Balaban J connectivity index is 1.03. The lowest BCUT2D eigenvalue weighted by Gasteiger charge is -2.41. The third-order valence-electron chi connectivity index (χ3n) is 7.60. The smallest absolute Gasteiger partial charge is 0.407 e. The molecule has 0 saturated heterocycles. The Morgan fingerprint density at radius 3 is 2.62 bits per heavy atom. The Labute approximate surface area is 242 Å². The molecular formula is C31H31FN8O2. The van der Waals surface area contributed by atoms with Gasteiger partial charge in [-0.25, -0.2) is 9.18 Å². The van der Waals surface area contributed by atoms with Crippen molar-refractivity contribution < 1.29 is 13.9 Å². The quantitative estimate of drug-likeness (QED) is 0.156. The highest BCUT2D eigenvalue weighted by Crippen LogP contribution is 2.43. The maximum Gasteiger partial charge on any atom is 0.407 e. The van der Waals surface area contributed by atoms with E-state index in [1.165, 1.54) is 6.07 Å². The van der Waals surface area contributed by atoms with Crippen molar-refractivity contribution in [3.8, 4) is 11.3 Å². The molecule has 3 heterocycles. The number of carbonyl (C=O) groups is 1. The molecule has 2 aromatic carbocycles. The number of carbonyl (C=O) groups excluding carboxylic acids is 1. The molecule has 0 radical (unpaired) electrons. The first-order valence-electron chi connectivity index (χ1n) is 14.0. The van der Waals surface area contributed by atoms with Gasteiger partial charge in [-0.1, -0.05) is 42.8 Å². The number of H-pyrrole nitrogens is 1. The van der Waals surface area contributed by atoms with Crippen LogP contribution in [0, 0.1) is 5.82 Å². The molecule has 0 aliphatic heterocycles. The zero-order valence-electron chi connectivity index (χ0n) is 22.9. The van der Waals surface area contributed by atoms with Crippen molar-refractivity contribution in [3.05, 3.63) is 96.1 Å². The van der Waals surface area contributed by atoms with Gasteiger partial charge in [0.2, 0.25) is 0 Å². The summed E-state index contributed by atoms with van der Waals surface area (Å²) in [6.45, 7) is 1.61. The van der Waals surface area contributed by atoms with Gasteiger partial charge in [-0.05, 0) is 54.8 Å². The van der Waals surface area contributed by atoms with Gasteiger partial charge in [0.15, 0.2) is 5.82 Å². The SMILES string of the molecule is O=C(NCCNc1n[nH]c2ccc(-c3ccc(NCC4(c5ncccc5F)CCC4)nn3)cc12)OCc1ccccc1. The lowest BCUT2D eigenvalue weighted by molar-refractivity contribution is 0.140. The maximum absolute atomic E-state index is 14.4. The summed E-state index contributed by atoms with van der Waals surface area (Å²) in [4.78, 5) is 16.3. The van der Waals surface area contributed by atoms with Crippen LogP contribution in [-0.4, -0.2) is 51.1 Å². The van der Waals surface area contributed by atoms with Crippen LogP contribution in [0.5, 0.6) is 0 Å². The third kappa shape index (κ3) is 5.99. The zero-order valence-corrected chi connectivity index (χ0v) is 22.9. The summed E-state index contributed by atoms with van der Waals surface area (Å²) in [5.74, 6) is 1.04. The molecule has 0 spiro atoms. The highest BCUT2D eigenvalue weighted by molar-refractivity contribution is 5.92. The van der Waals surface area contributed by atoms with Crippen LogP contribution < -0.4 is 16.0 Å². The van der Waals surface area contributed by atoms with Crippen molar-refractivity contribution in [1.29, 1.82) is 0 Å². The number of benzene rings is 2. The van der Waals surface area contributed by atoms with Gasteiger partial charge >= 0.3 is 6.09 Å². The molecule has 42 heavy (non-hydrogen) atoms. The van der Waals surface area contributed by atoms with Gasteiger partial charge in [0.1, 0.15) is 18.2 Å². The molecule has 0 unspecified atom stereocenters. The van der Waals surface area contributed by atoms with Crippen molar-refractivity contribution in [2.75, 3.05) is 30.3 Å². The Morgan fingerprint density at radius 1 is 0.976 bits per heavy atom. The van der Waals surface area contributed by atoms with Gasteiger partial charge in [0.05, 0.1) is 16.9 Å². The molecule has 1 saturated carbocycles. The van der Waals surface area contributed by atoms with E-state index in [0.29, 0.717) is 42.7 Å². The van der Waals surface area contributed by atoms with Crippen molar-refractivity contribution in [1.82, 2.24) is 30.7 Å². The second-order valence-electron chi connectivity index (χ2n) is 10.4. The average Bonchev–Trinajstić information content (AvgIpc) is 3.41. The van der Waals surface area contributed by atoms with Crippen molar-refractivity contribution in [2.45, 2.75) is 31.3 Å². The van der Waals surface area contributed by atoms with Gasteiger partial charge < -0.3 is 20.7 Å². The third-order valence-corrected chi connectivity index (χ3v) is 7.60. The predicted molar refractivity (Wildman–Crippen MR) is 158 cm³/mol. The van der Waals surface area contributed by atoms with Crippen LogP contribution in [0.25, 0.3) is 22.2 Å². The minimum Gasteiger partial charge on any atom is -0.445 e. The van der Waals surface area contributed by atoms with E-state index in [9.17, 15) is 9.18 Å². The molecule has 0 bridgehead atoms. The molecule has 5 aromatic rings. The summed E-state index contributed by atoms with van der Waals surface area (Å²) in [6.07, 6.45) is 3.99. The van der Waals surface area contributed by atoms with E-state index >= 15 is 0 Å². The molecule has 214 valence electrons. The number of pyridine rings is 1. The number of nitrogens with one attached hydrogen (secondary N) is 4. The minimum absolute atomic E-state index is 0.221. The molecule has 4 N–H and O–H groups in total.